The number of benzene rings is 2. The van der Waals surface area contributed by atoms with Crippen LogP contribution in [0, 0.1) is 12.8 Å². The number of alkyl halides is 3. The minimum Gasteiger partial charge on any atom is -0.352 e. The van der Waals surface area contributed by atoms with E-state index in [2.05, 4.69) is 10.6 Å². The molecular weight excluding hydrogens is 341 g/mol. The van der Waals surface area contributed by atoms with Crippen LogP contribution in [-0.2, 0) is 17.5 Å². The number of carbonyl (C=O) groups is 1. The van der Waals surface area contributed by atoms with Crippen molar-refractivity contribution in [1.29, 1.82) is 0 Å². The zero-order chi connectivity index (χ0) is 18.7. The highest BCUT2D eigenvalue weighted by molar-refractivity contribution is 5.80. The van der Waals surface area contributed by atoms with Crippen molar-refractivity contribution in [2.24, 2.45) is 5.92 Å². The predicted octanol–water partition coefficient (Wildman–Crippen LogP) is 3.63. The molecule has 0 aromatic heterocycles. The Hall–Kier alpha value is -2.34. The van der Waals surface area contributed by atoms with Crippen molar-refractivity contribution in [3.8, 4) is 0 Å². The molecule has 6 heteroatoms. The average Bonchev–Trinajstić information content (AvgIpc) is 3.10. The Labute approximate surface area is 150 Å². The van der Waals surface area contributed by atoms with Crippen LogP contribution in [-0.4, -0.2) is 19.0 Å². The highest BCUT2D eigenvalue weighted by Crippen LogP contribution is 2.33. The Morgan fingerprint density at radius 3 is 2.35 bits per heavy atom. The molecule has 2 N–H and O–H groups in total. The van der Waals surface area contributed by atoms with E-state index in [0.29, 0.717) is 19.6 Å². The first-order chi connectivity index (χ1) is 12.3. The summed E-state index contributed by atoms with van der Waals surface area (Å²) >= 11 is 0. The number of halogens is 3. The molecule has 1 heterocycles. The summed E-state index contributed by atoms with van der Waals surface area (Å²) in [6.45, 7) is 3.54. The number of hydrogen-bond acceptors (Lipinski definition) is 2. The second-order valence-electron chi connectivity index (χ2n) is 6.69. The SMILES string of the molecule is Cc1ccc(CNC(=O)[C@@H]2CNC[C@H]2c2ccc(C(F)(F)F)cc2)cc1. The van der Waals surface area contributed by atoms with Crippen LogP contribution in [0.3, 0.4) is 0 Å². The van der Waals surface area contributed by atoms with Crippen LogP contribution in [0.2, 0.25) is 0 Å². The average molecular weight is 362 g/mol. The molecule has 1 aliphatic heterocycles. The van der Waals surface area contributed by atoms with Gasteiger partial charge in [0.25, 0.3) is 0 Å². The Kier molecular flexibility index (Phi) is 5.32. The van der Waals surface area contributed by atoms with E-state index >= 15 is 0 Å². The number of rotatable bonds is 4. The van der Waals surface area contributed by atoms with E-state index in [1.54, 1.807) is 0 Å². The van der Waals surface area contributed by atoms with Gasteiger partial charge in [-0.2, -0.15) is 13.2 Å². The summed E-state index contributed by atoms with van der Waals surface area (Å²) in [6, 6.07) is 13.0. The Morgan fingerprint density at radius 2 is 1.73 bits per heavy atom. The molecule has 3 nitrogen and oxygen atoms in total. The van der Waals surface area contributed by atoms with E-state index in [1.807, 2.05) is 31.2 Å². The highest BCUT2D eigenvalue weighted by atomic mass is 19.4. The maximum Gasteiger partial charge on any atom is 0.416 e. The molecule has 2 aromatic rings. The zero-order valence-corrected chi connectivity index (χ0v) is 14.4. The van der Waals surface area contributed by atoms with Crippen molar-refractivity contribution >= 4 is 5.91 Å². The van der Waals surface area contributed by atoms with Crippen LogP contribution >= 0.6 is 0 Å². The zero-order valence-electron chi connectivity index (χ0n) is 14.4. The minimum absolute atomic E-state index is 0.0829. The summed E-state index contributed by atoms with van der Waals surface area (Å²) < 4.78 is 38.1. The first kappa shape index (κ1) is 18.5. The number of hydrogen-bond donors (Lipinski definition) is 2. The fraction of sp³-hybridized carbons (Fsp3) is 0.350. The summed E-state index contributed by atoms with van der Waals surface area (Å²) in [6.07, 6.45) is -4.35. The van der Waals surface area contributed by atoms with Gasteiger partial charge in [-0.15, -0.1) is 0 Å². The van der Waals surface area contributed by atoms with Gasteiger partial charge in [0.15, 0.2) is 0 Å². The molecular formula is C20H21F3N2O. The molecule has 138 valence electrons. The van der Waals surface area contributed by atoms with E-state index < -0.39 is 11.7 Å². The molecule has 0 spiro atoms. The summed E-state index contributed by atoms with van der Waals surface area (Å²) in [7, 11) is 0. The summed E-state index contributed by atoms with van der Waals surface area (Å²) in [5, 5.41) is 6.11. The molecule has 0 bridgehead atoms. The number of nitrogens with one attached hydrogen (secondary N) is 2. The molecule has 2 aromatic carbocycles. The molecule has 1 aliphatic rings. The molecule has 3 rings (SSSR count). The van der Waals surface area contributed by atoms with Crippen molar-refractivity contribution in [2.75, 3.05) is 13.1 Å². The van der Waals surface area contributed by atoms with E-state index in [1.165, 1.54) is 12.1 Å². The second-order valence-corrected chi connectivity index (χ2v) is 6.69. The number of aryl methyl sites for hydroxylation is 1. The van der Waals surface area contributed by atoms with E-state index in [4.69, 9.17) is 0 Å². The monoisotopic (exact) mass is 362 g/mol. The quantitative estimate of drug-likeness (QED) is 0.872. The molecule has 1 fully saturated rings. The molecule has 0 saturated carbocycles. The van der Waals surface area contributed by atoms with Crippen LogP contribution in [0.5, 0.6) is 0 Å². The summed E-state index contributed by atoms with van der Waals surface area (Å²) in [4.78, 5) is 12.6. The van der Waals surface area contributed by atoms with Gasteiger partial charge in [-0.1, -0.05) is 42.0 Å². The largest absolute Gasteiger partial charge is 0.416 e. The van der Waals surface area contributed by atoms with Crippen molar-refractivity contribution in [3.05, 3.63) is 70.8 Å². The lowest BCUT2D eigenvalue weighted by atomic mass is 9.88. The molecule has 26 heavy (non-hydrogen) atoms. The first-order valence-corrected chi connectivity index (χ1v) is 8.56. The predicted molar refractivity (Wildman–Crippen MR) is 93.6 cm³/mol. The molecule has 1 amide bonds. The van der Waals surface area contributed by atoms with Gasteiger partial charge in [-0.3, -0.25) is 4.79 Å². The van der Waals surface area contributed by atoms with Gasteiger partial charge in [0.1, 0.15) is 0 Å². The third-order valence-corrected chi connectivity index (χ3v) is 4.80. The fourth-order valence-electron chi connectivity index (χ4n) is 3.25. The van der Waals surface area contributed by atoms with Crippen LogP contribution in [0.4, 0.5) is 13.2 Å². The number of amides is 1. The highest BCUT2D eigenvalue weighted by Gasteiger charge is 2.35. The van der Waals surface area contributed by atoms with Gasteiger partial charge < -0.3 is 10.6 Å². The summed E-state index contributed by atoms with van der Waals surface area (Å²) in [5.41, 5.74) is 2.24. The van der Waals surface area contributed by atoms with E-state index in [0.717, 1.165) is 28.8 Å². The molecule has 0 aliphatic carbocycles. The smallest absolute Gasteiger partial charge is 0.352 e. The van der Waals surface area contributed by atoms with Crippen molar-refractivity contribution < 1.29 is 18.0 Å². The van der Waals surface area contributed by atoms with Gasteiger partial charge in [0, 0.05) is 25.6 Å². The van der Waals surface area contributed by atoms with Crippen molar-refractivity contribution in [3.63, 3.8) is 0 Å². The Bertz CT molecular complexity index is 754. The third kappa shape index (κ3) is 4.25. The van der Waals surface area contributed by atoms with Crippen LogP contribution in [0.1, 0.15) is 28.2 Å². The molecule has 1 saturated heterocycles. The molecule has 2 atom stereocenters. The van der Waals surface area contributed by atoms with E-state index in [-0.39, 0.29) is 17.7 Å². The summed E-state index contributed by atoms with van der Waals surface area (Å²) in [5.74, 6) is -0.507. The first-order valence-electron chi connectivity index (χ1n) is 8.56. The maximum atomic E-state index is 12.7. The number of carbonyl (C=O) groups excluding carboxylic acids is 1. The fourth-order valence-corrected chi connectivity index (χ4v) is 3.25. The van der Waals surface area contributed by atoms with Crippen molar-refractivity contribution in [2.45, 2.75) is 25.6 Å². The third-order valence-electron chi connectivity index (χ3n) is 4.80. The van der Waals surface area contributed by atoms with Gasteiger partial charge in [0.05, 0.1) is 11.5 Å². The Morgan fingerprint density at radius 1 is 1.08 bits per heavy atom. The van der Waals surface area contributed by atoms with Gasteiger partial charge in [-0.25, -0.2) is 0 Å². The Balaban J connectivity index is 1.65. The lowest BCUT2D eigenvalue weighted by molar-refractivity contribution is -0.137. The van der Waals surface area contributed by atoms with E-state index in [9.17, 15) is 18.0 Å². The van der Waals surface area contributed by atoms with Gasteiger partial charge >= 0.3 is 6.18 Å². The van der Waals surface area contributed by atoms with Crippen LogP contribution in [0.25, 0.3) is 0 Å². The topological polar surface area (TPSA) is 41.1 Å². The minimum atomic E-state index is -4.35. The van der Waals surface area contributed by atoms with Gasteiger partial charge in [0.2, 0.25) is 5.91 Å². The molecule has 0 radical (unpaired) electrons. The lowest BCUT2D eigenvalue weighted by Crippen LogP contribution is -2.34. The maximum absolute atomic E-state index is 12.7. The normalized spacial score (nSPS) is 20.2. The molecule has 0 unspecified atom stereocenters. The van der Waals surface area contributed by atoms with Crippen LogP contribution < -0.4 is 10.6 Å². The van der Waals surface area contributed by atoms with Gasteiger partial charge in [-0.05, 0) is 30.2 Å². The second kappa shape index (κ2) is 7.50. The van der Waals surface area contributed by atoms with Crippen molar-refractivity contribution in [1.82, 2.24) is 10.6 Å². The standard InChI is InChI=1S/C20H21F3N2O/c1-13-2-4-14(5-3-13)10-25-19(26)18-12-24-11-17(18)15-6-8-16(9-7-15)20(21,22)23/h2-9,17-18,24H,10-12H2,1H3,(H,25,26)/t17-,18+/m0/s1. The lowest BCUT2D eigenvalue weighted by Gasteiger charge is -2.19. The van der Waals surface area contributed by atoms with Crippen LogP contribution in [0.15, 0.2) is 48.5 Å².